The predicted octanol–water partition coefficient (Wildman–Crippen LogP) is 2.89. The fourth-order valence-corrected chi connectivity index (χ4v) is 1.67. The van der Waals surface area contributed by atoms with Gasteiger partial charge in [0.25, 0.3) is 0 Å². The summed E-state index contributed by atoms with van der Waals surface area (Å²) >= 11 is 1.68. The predicted molar refractivity (Wildman–Crippen MR) is 47.4 cm³/mol. The van der Waals surface area contributed by atoms with Crippen molar-refractivity contribution in [3.05, 3.63) is 0 Å². The molecular formula is C7H11IO2. The van der Waals surface area contributed by atoms with Crippen LogP contribution in [-0.4, -0.2) is 10.1 Å². The Morgan fingerprint density at radius 3 is 2.40 bits per heavy atom. The quantitative estimate of drug-likeness (QED) is 0.531. The van der Waals surface area contributed by atoms with E-state index in [-0.39, 0.29) is 10.1 Å². The van der Waals surface area contributed by atoms with E-state index in [1.54, 1.807) is 22.6 Å². The van der Waals surface area contributed by atoms with Crippen molar-refractivity contribution in [1.82, 2.24) is 0 Å². The molecule has 1 rings (SSSR count). The van der Waals surface area contributed by atoms with Gasteiger partial charge >= 0.3 is 3.98 Å². The molecule has 1 saturated carbocycles. The summed E-state index contributed by atoms with van der Waals surface area (Å²) in [7, 11) is 0. The molecule has 0 unspecified atom stereocenters. The molecule has 58 valence electrons. The summed E-state index contributed by atoms with van der Waals surface area (Å²) in [5, 5.41) is 0. The Morgan fingerprint density at radius 2 is 1.90 bits per heavy atom. The van der Waals surface area contributed by atoms with E-state index in [4.69, 9.17) is 4.74 Å². The van der Waals surface area contributed by atoms with Crippen molar-refractivity contribution >= 4 is 26.6 Å². The minimum Gasteiger partial charge on any atom is -0.455 e. The Kier molecular flexibility index (Phi) is 3.45. The second-order valence-corrected chi connectivity index (χ2v) is 3.50. The number of hydrogen-bond donors (Lipinski definition) is 0. The van der Waals surface area contributed by atoms with Crippen LogP contribution in [-0.2, 0) is 4.74 Å². The number of rotatable bonds is 1. The van der Waals surface area contributed by atoms with Crippen LogP contribution in [0.1, 0.15) is 32.1 Å². The third-order valence-corrected chi connectivity index (χ3v) is 2.07. The standard InChI is InChI=1S/C7H11IO2/c8-7(9)10-6-4-2-1-3-5-6/h6H,1-5H2. The molecular weight excluding hydrogens is 243 g/mol. The highest BCUT2D eigenvalue weighted by molar-refractivity contribution is 14.1. The topological polar surface area (TPSA) is 26.3 Å². The highest BCUT2D eigenvalue weighted by Gasteiger charge is 2.15. The summed E-state index contributed by atoms with van der Waals surface area (Å²) in [5.41, 5.74) is 0. The zero-order valence-corrected chi connectivity index (χ0v) is 7.96. The Morgan fingerprint density at radius 1 is 1.30 bits per heavy atom. The van der Waals surface area contributed by atoms with E-state index in [0.717, 1.165) is 12.8 Å². The number of carbonyl (C=O) groups is 1. The third kappa shape index (κ3) is 2.86. The van der Waals surface area contributed by atoms with Gasteiger partial charge in [0.05, 0.1) is 22.6 Å². The van der Waals surface area contributed by atoms with Gasteiger partial charge in [-0.2, -0.15) is 0 Å². The molecule has 1 aliphatic rings. The summed E-state index contributed by atoms with van der Waals surface area (Å²) < 4.78 is 4.88. The number of halogens is 1. The first kappa shape index (κ1) is 8.30. The lowest BCUT2D eigenvalue weighted by Crippen LogP contribution is -2.17. The minimum atomic E-state index is -0.162. The highest BCUT2D eigenvalue weighted by atomic mass is 127. The molecule has 0 saturated heterocycles. The minimum absolute atomic E-state index is 0.162. The van der Waals surface area contributed by atoms with Crippen LogP contribution >= 0.6 is 22.6 Å². The molecule has 0 aromatic heterocycles. The van der Waals surface area contributed by atoms with Gasteiger partial charge in [0.1, 0.15) is 6.10 Å². The summed E-state index contributed by atoms with van der Waals surface area (Å²) in [6, 6.07) is 0. The van der Waals surface area contributed by atoms with Crippen LogP contribution in [0.25, 0.3) is 0 Å². The van der Waals surface area contributed by atoms with Crippen molar-refractivity contribution in [1.29, 1.82) is 0 Å². The van der Waals surface area contributed by atoms with Crippen LogP contribution in [0.5, 0.6) is 0 Å². The van der Waals surface area contributed by atoms with Crippen molar-refractivity contribution in [2.45, 2.75) is 38.2 Å². The van der Waals surface area contributed by atoms with Gasteiger partial charge < -0.3 is 4.74 Å². The fourth-order valence-electron chi connectivity index (χ4n) is 1.31. The smallest absolute Gasteiger partial charge is 0.367 e. The van der Waals surface area contributed by atoms with E-state index in [1.165, 1.54) is 19.3 Å². The van der Waals surface area contributed by atoms with E-state index in [1.807, 2.05) is 0 Å². The zero-order chi connectivity index (χ0) is 7.40. The first-order valence-electron chi connectivity index (χ1n) is 3.65. The molecule has 0 N–H and O–H groups in total. The van der Waals surface area contributed by atoms with E-state index < -0.39 is 0 Å². The lowest BCUT2D eigenvalue weighted by molar-refractivity contribution is 0.0996. The Bertz CT molecular complexity index is 119. The van der Waals surface area contributed by atoms with E-state index in [0.29, 0.717) is 0 Å². The maximum atomic E-state index is 10.5. The van der Waals surface area contributed by atoms with Gasteiger partial charge in [-0.3, -0.25) is 0 Å². The Labute approximate surface area is 74.5 Å². The van der Waals surface area contributed by atoms with Crippen LogP contribution < -0.4 is 0 Å². The van der Waals surface area contributed by atoms with Crippen LogP contribution in [0.3, 0.4) is 0 Å². The SMILES string of the molecule is O=C(I)OC1CCCCC1. The molecule has 0 spiro atoms. The lowest BCUT2D eigenvalue weighted by Gasteiger charge is -2.20. The zero-order valence-electron chi connectivity index (χ0n) is 5.81. The van der Waals surface area contributed by atoms with E-state index in [9.17, 15) is 4.79 Å². The van der Waals surface area contributed by atoms with Crippen LogP contribution in [0.2, 0.25) is 0 Å². The molecule has 0 heterocycles. The number of hydrogen-bond acceptors (Lipinski definition) is 2. The van der Waals surface area contributed by atoms with Crippen molar-refractivity contribution < 1.29 is 9.53 Å². The summed E-state index contributed by atoms with van der Waals surface area (Å²) in [6.45, 7) is 0. The summed E-state index contributed by atoms with van der Waals surface area (Å²) in [5.74, 6) is 0. The second kappa shape index (κ2) is 4.16. The molecule has 1 fully saturated rings. The maximum Gasteiger partial charge on any atom is 0.367 e. The van der Waals surface area contributed by atoms with Gasteiger partial charge in [-0.15, -0.1) is 0 Å². The van der Waals surface area contributed by atoms with Gasteiger partial charge in [-0.05, 0) is 25.7 Å². The average Bonchev–Trinajstić information content (AvgIpc) is 1.88. The van der Waals surface area contributed by atoms with Crippen LogP contribution in [0.15, 0.2) is 0 Å². The van der Waals surface area contributed by atoms with Gasteiger partial charge in [0.2, 0.25) is 0 Å². The molecule has 0 aromatic carbocycles. The molecule has 0 aliphatic heterocycles. The van der Waals surface area contributed by atoms with Crippen LogP contribution in [0, 0.1) is 0 Å². The first-order chi connectivity index (χ1) is 4.79. The highest BCUT2D eigenvalue weighted by Crippen LogP contribution is 2.21. The lowest BCUT2D eigenvalue weighted by atomic mass is 9.98. The fraction of sp³-hybridized carbons (Fsp3) is 0.857. The van der Waals surface area contributed by atoms with Gasteiger partial charge in [0.15, 0.2) is 0 Å². The molecule has 10 heavy (non-hydrogen) atoms. The molecule has 0 bridgehead atoms. The maximum absolute atomic E-state index is 10.5. The largest absolute Gasteiger partial charge is 0.455 e. The molecule has 0 radical (unpaired) electrons. The van der Waals surface area contributed by atoms with Crippen molar-refractivity contribution in [2.24, 2.45) is 0 Å². The van der Waals surface area contributed by atoms with E-state index >= 15 is 0 Å². The van der Waals surface area contributed by atoms with Gasteiger partial charge in [0, 0.05) is 0 Å². The first-order valence-corrected chi connectivity index (χ1v) is 4.73. The Balaban J connectivity index is 2.19. The summed E-state index contributed by atoms with van der Waals surface area (Å²) in [6.07, 6.45) is 6.08. The molecule has 0 atom stereocenters. The van der Waals surface area contributed by atoms with E-state index in [2.05, 4.69) is 0 Å². The molecule has 2 nitrogen and oxygen atoms in total. The van der Waals surface area contributed by atoms with Crippen molar-refractivity contribution in [3.63, 3.8) is 0 Å². The molecule has 0 aromatic rings. The normalized spacial score (nSPS) is 20.5. The number of ether oxygens (including phenoxy) is 1. The van der Waals surface area contributed by atoms with Gasteiger partial charge in [-0.25, -0.2) is 4.79 Å². The average molecular weight is 254 g/mol. The monoisotopic (exact) mass is 254 g/mol. The van der Waals surface area contributed by atoms with Gasteiger partial charge in [-0.1, -0.05) is 6.42 Å². The van der Waals surface area contributed by atoms with Crippen LogP contribution in [0.4, 0.5) is 4.79 Å². The third-order valence-electron chi connectivity index (χ3n) is 1.81. The Hall–Kier alpha value is 0.200. The summed E-state index contributed by atoms with van der Waals surface area (Å²) in [4.78, 5) is 10.5. The molecule has 1 aliphatic carbocycles. The van der Waals surface area contributed by atoms with Crippen molar-refractivity contribution in [2.75, 3.05) is 0 Å². The molecule has 3 heteroatoms. The molecule has 0 amide bonds. The second-order valence-electron chi connectivity index (χ2n) is 2.62. The number of carbonyl (C=O) groups excluding carboxylic acids is 1. The van der Waals surface area contributed by atoms with Crippen molar-refractivity contribution in [3.8, 4) is 0 Å².